The van der Waals surface area contributed by atoms with E-state index in [1.807, 2.05) is 45.0 Å². The van der Waals surface area contributed by atoms with Crippen LogP contribution in [0.3, 0.4) is 0 Å². The molecule has 0 aromatic heterocycles. The molecule has 2 N–H and O–H groups in total. The second-order valence-electron chi connectivity index (χ2n) is 7.51. The number of carbonyl (C=O) groups excluding carboxylic acids is 1. The lowest BCUT2D eigenvalue weighted by atomic mass is 10.0. The summed E-state index contributed by atoms with van der Waals surface area (Å²) in [6.45, 7) is 7.84. The highest BCUT2D eigenvalue weighted by Gasteiger charge is 2.24. The molecule has 140 valence electrons. The molecule has 0 radical (unpaired) electrons. The van der Waals surface area contributed by atoms with Crippen LogP contribution in [0, 0.1) is 0 Å². The topological polar surface area (TPSA) is 71.0 Å². The van der Waals surface area contributed by atoms with Gasteiger partial charge in [0.05, 0.1) is 13.2 Å². The Labute approximate surface area is 150 Å². The fourth-order valence-electron chi connectivity index (χ4n) is 2.91. The van der Waals surface area contributed by atoms with Crippen molar-refractivity contribution in [2.75, 3.05) is 26.7 Å². The summed E-state index contributed by atoms with van der Waals surface area (Å²) in [5.41, 5.74) is 0.405. The van der Waals surface area contributed by atoms with Gasteiger partial charge >= 0.3 is 6.09 Å². The highest BCUT2D eigenvalue weighted by molar-refractivity contribution is 5.68. The average Bonchev–Trinajstić information content (AvgIpc) is 2.55. The van der Waals surface area contributed by atoms with E-state index < -0.39 is 11.7 Å². The number of piperidine rings is 1. The fourth-order valence-corrected chi connectivity index (χ4v) is 2.91. The molecule has 1 aliphatic rings. The monoisotopic (exact) mass is 350 g/mol. The van der Waals surface area contributed by atoms with Gasteiger partial charge in [0.2, 0.25) is 0 Å². The van der Waals surface area contributed by atoms with Crippen LogP contribution in [-0.2, 0) is 4.74 Å². The first-order chi connectivity index (χ1) is 11.8. The first kappa shape index (κ1) is 19.5. The Morgan fingerprint density at radius 1 is 1.28 bits per heavy atom. The van der Waals surface area contributed by atoms with E-state index in [1.165, 1.54) is 0 Å². The summed E-state index contributed by atoms with van der Waals surface area (Å²) in [6.07, 6.45) is 0.828. The van der Waals surface area contributed by atoms with Crippen molar-refractivity contribution >= 4 is 6.09 Å². The predicted molar refractivity (Wildman–Crippen MR) is 96.8 cm³/mol. The van der Waals surface area contributed by atoms with Gasteiger partial charge in [0.25, 0.3) is 0 Å². The van der Waals surface area contributed by atoms with Gasteiger partial charge in [-0.25, -0.2) is 4.79 Å². The third-order valence-electron chi connectivity index (χ3n) is 4.24. The Kier molecular flexibility index (Phi) is 6.67. The third-order valence-corrected chi connectivity index (χ3v) is 4.24. The number of hydrogen-bond acceptors (Lipinski definition) is 5. The molecule has 0 saturated carbocycles. The van der Waals surface area contributed by atoms with Crippen LogP contribution in [0.4, 0.5) is 4.79 Å². The SMILES string of the molecule is COc1ccc(C(O)CN2CCC(NC(=O)OC(C)(C)C)CC2)cc1. The lowest BCUT2D eigenvalue weighted by molar-refractivity contribution is 0.0459. The Hall–Kier alpha value is -1.79. The van der Waals surface area contributed by atoms with Gasteiger partial charge in [0.1, 0.15) is 11.4 Å². The van der Waals surface area contributed by atoms with Crippen molar-refractivity contribution in [2.24, 2.45) is 0 Å². The van der Waals surface area contributed by atoms with Gasteiger partial charge in [-0.05, 0) is 51.3 Å². The number of rotatable bonds is 5. The van der Waals surface area contributed by atoms with Crippen LogP contribution in [-0.4, -0.2) is 54.5 Å². The van der Waals surface area contributed by atoms with E-state index >= 15 is 0 Å². The molecule has 6 nitrogen and oxygen atoms in total. The second kappa shape index (κ2) is 8.54. The standard InChI is InChI=1S/C19H30N2O4/c1-19(2,3)25-18(23)20-15-9-11-21(12-10-15)13-17(22)14-5-7-16(24-4)8-6-14/h5-8,15,17,22H,9-13H2,1-4H3,(H,20,23). The molecule has 1 aromatic rings. The summed E-state index contributed by atoms with van der Waals surface area (Å²) in [7, 11) is 1.63. The zero-order chi connectivity index (χ0) is 18.4. The minimum atomic E-state index is -0.527. The summed E-state index contributed by atoms with van der Waals surface area (Å²) in [5.74, 6) is 0.782. The summed E-state index contributed by atoms with van der Waals surface area (Å²) in [5, 5.41) is 13.3. The van der Waals surface area contributed by atoms with Gasteiger partial charge in [-0.15, -0.1) is 0 Å². The smallest absolute Gasteiger partial charge is 0.407 e. The number of benzene rings is 1. The van der Waals surface area contributed by atoms with E-state index in [1.54, 1.807) is 7.11 Å². The number of ether oxygens (including phenoxy) is 2. The molecular weight excluding hydrogens is 320 g/mol. The van der Waals surface area contributed by atoms with Crippen LogP contribution < -0.4 is 10.1 Å². The summed E-state index contributed by atoms with van der Waals surface area (Å²) >= 11 is 0. The van der Waals surface area contributed by atoms with E-state index in [0.717, 1.165) is 37.2 Å². The number of hydrogen-bond donors (Lipinski definition) is 2. The van der Waals surface area contributed by atoms with Crippen LogP contribution in [0.5, 0.6) is 5.75 Å². The fraction of sp³-hybridized carbons (Fsp3) is 0.632. The highest BCUT2D eigenvalue weighted by atomic mass is 16.6. The molecule has 1 atom stereocenters. The van der Waals surface area contributed by atoms with Crippen molar-refractivity contribution in [3.63, 3.8) is 0 Å². The van der Waals surface area contributed by atoms with Crippen LogP contribution in [0.25, 0.3) is 0 Å². The molecule has 0 spiro atoms. The van der Waals surface area contributed by atoms with E-state index in [2.05, 4.69) is 10.2 Å². The van der Waals surface area contributed by atoms with E-state index in [-0.39, 0.29) is 12.1 Å². The van der Waals surface area contributed by atoms with Gasteiger partial charge in [0.15, 0.2) is 0 Å². The number of amides is 1. The molecule has 2 rings (SSSR count). The summed E-state index contributed by atoms with van der Waals surface area (Å²) < 4.78 is 10.4. The minimum absolute atomic E-state index is 0.129. The largest absolute Gasteiger partial charge is 0.497 e. The lowest BCUT2D eigenvalue weighted by Gasteiger charge is -2.33. The molecule has 1 amide bonds. The maximum Gasteiger partial charge on any atom is 0.407 e. The van der Waals surface area contributed by atoms with Gasteiger partial charge in [-0.1, -0.05) is 12.1 Å². The molecule has 0 aliphatic carbocycles. The number of nitrogens with zero attached hydrogens (tertiary/aromatic N) is 1. The van der Waals surface area contributed by atoms with Crippen LogP contribution in [0.2, 0.25) is 0 Å². The second-order valence-corrected chi connectivity index (χ2v) is 7.51. The maximum absolute atomic E-state index is 11.8. The quantitative estimate of drug-likeness (QED) is 0.854. The van der Waals surface area contributed by atoms with Crippen LogP contribution >= 0.6 is 0 Å². The third kappa shape index (κ3) is 6.55. The summed E-state index contributed by atoms with van der Waals surface area (Å²) in [6, 6.07) is 7.62. The normalized spacial score (nSPS) is 17.8. The van der Waals surface area contributed by atoms with E-state index in [9.17, 15) is 9.90 Å². The molecular formula is C19H30N2O4. The van der Waals surface area contributed by atoms with Gasteiger partial charge < -0.3 is 24.8 Å². The molecule has 1 aliphatic heterocycles. The molecule has 6 heteroatoms. The van der Waals surface area contributed by atoms with Crippen molar-refractivity contribution in [3.05, 3.63) is 29.8 Å². The van der Waals surface area contributed by atoms with Crippen LogP contribution in [0.15, 0.2) is 24.3 Å². The number of aliphatic hydroxyl groups excluding tert-OH is 1. The number of methoxy groups -OCH3 is 1. The van der Waals surface area contributed by atoms with Gasteiger partial charge in [0, 0.05) is 25.7 Å². The molecule has 1 heterocycles. The molecule has 1 unspecified atom stereocenters. The first-order valence-corrected chi connectivity index (χ1v) is 8.81. The molecule has 25 heavy (non-hydrogen) atoms. The minimum Gasteiger partial charge on any atom is -0.497 e. The average molecular weight is 350 g/mol. The first-order valence-electron chi connectivity index (χ1n) is 8.81. The Bertz CT molecular complexity index is 546. The Balaban J connectivity index is 1.75. The van der Waals surface area contributed by atoms with Crippen molar-refractivity contribution < 1.29 is 19.4 Å². The number of aliphatic hydroxyl groups is 1. The number of β-amino-alcohol motifs (C(OH)–C–C–N with tert-alkyl or cyclic N) is 1. The van der Waals surface area contributed by atoms with E-state index in [0.29, 0.717) is 6.54 Å². The van der Waals surface area contributed by atoms with Crippen molar-refractivity contribution in [1.82, 2.24) is 10.2 Å². The van der Waals surface area contributed by atoms with Crippen molar-refractivity contribution in [3.8, 4) is 5.75 Å². The maximum atomic E-state index is 11.8. The number of likely N-dealkylation sites (tertiary alicyclic amines) is 1. The molecule has 1 aromatic carbocycles. The predicted octanol–water partition coefficient (Wildman–Crippen LogP) is 2.72. The zero-order valence-corrected chi connectivity index (χ0v) is 15.6. The molecule has 0 bridgehead atoms. The highest BCUT2D eigenvalue weighted by Crippen LogP contribution is 2.20. The van der Waals surface area contributed by atoms with Crippen molar-refractivity contribution in [2.45, 2.75) is 51.4 Å². The Morgan fingerprint density at radius 2 is 1.88 bits per heavy atom. The van der Waals surface area contributed by atoms with E-state index in [4.69, 9.17) is 9.47 Å². The Morgan fingerprint density at radius 3 is 2.40 bits per heavy atom. The molecule has 1 fully saturated rings. The van der Waals surface area contributed by atoms with Gasteiger partial charge in [-0.3, -0.25) is 0 Å². The van der Waals surface area contributed by atoms with Crippen LogP contribution in [0.1, 0.15) is 45.3 Å². The van der Waals surface area contributed by atoms with Crippen molar-refractivity contribution in [1.29, 1.82) is 0 Å². The van der Waals surface area contributed by atoms with Gasteiger partial charge in [-0.2, -0.15) is 0 Å². The summed E-state index contributed by atoms with van der Waals surface area (Å²) in [4.78, 5) is 14.1. The zero-order valence-electron chi connectivity index (χ0n) is 15.6. The number of alkyl carbamates (subject to hydrolysis) is 1. The number of carbonyl (C=O) groups is 1. The molecule has 1 saturated heterocycles. The number of nitrogens with one attached hydrogen (secondary N) is 1. The lowest BCUT2D eigenvalue weighted by Crippen LogP contribution is -2.46.